The van der Waals surface area contributed by atoms with Crippen molar-refractivity contribution in [2.45, 2.75) is 38.0 Å². The number of carbonyl (C=O) groups is 1. The van der Waals surface area contributed by atoms with Crippen molar-refractivity contribution in [3.8, 4) is 0 Å². The summed E-state index contributed by atoms with van der Waals surface area (Å²) in [7, 11) is 0. The predicted octanol–water partition coefficient (Wildman–Crippen LogP) is 5.22. The summed E-state index contributed by atoms with van der Waals surface area (Å²) in [6.07, 6.45) is -2.42. The zero-order valence-electron chi connectivity index (χ0n) is 19.3. The van der Waals surface area contributed by atoms with Gasteiger partial charge in [0.25, 0.3) is 0 Å². The highest BCUT2D eigenvalue weighted by atomic mass is 35.5. The van der Waals surface area contributed by atoms with Crippen LogP contribution in [0.15, 0.2) is 35.5 Å². The molecule has 186 valence electrons. The Labute approximate surface area is 207 Å². The highest BCUT2D eigenvalue weighted by molar-refractivity contribution is 7.99. The van der Waals surface area contributed by atoms with Crippen LogP contribution in [0, 0.1) is 0 Å². The van der Waals surface area contributed by atoms with Crippen molar-refractivity contribution < 1.29 is 18.0 Å². The van der Waals surface area contributed by atoms with E-state index >= 15 is 0 Å². The van der Waals surface area contributed by atoms with E-state index in [4.69, 9.17) is 11.6 Å². The van der Waals surface area contributed by atoms with Crippen LogP contribution in [0.4, 0.5) is 24.7 Å². The Kier molecular flexibility index (Phi) is 9.30. The molecule has 1 aromatic carbocycles. The summed E-state index contributed by atoms with van der Waals surface area (Å²) in [5.41, 5.74) is -0.155. The second-order valence-electron chi connectivity index (χ2n) is 8.02. The maximum atomic E-state index is 13.0. The van der Waals surface area contributed by atoms with E-state index in [1.807, 2.05) is 4.90 Å². The summed E-state index contributed by atoms with van der Waals surface area (Å²) in [4.78, 5) is 27.3. The number of hydrogen-bond donors (Lipinski definition) is 0. The third-order valence-electron chi connectivity index (χ3n) is 5.47. The van der Waals surface area contributed by atoms with Gasteiger partial charge in [-0.05, 0) is 31.0 Å². The first-order chi connectivity index (χ1) is 16.2. The molecule has 0 aliphatic carbocycles. The molecule has 34 heavy (non-hydrogen) atoms. The van der Waals surface area contributed by atoms with Gasteiger partial charge in [-0.15, -0.1) is 0 Å². The highest BCUT2D eigenvalue weighted by Crippen LogP contribution is 2.32. The van der Waals surface area contributed by atoms with Crippen molar-refractivity contribution in [3.63, 3.8) is 0 Å². The minimum absolute atomic E-state index is 0.0576. The zero-order valence-corrected chi connectivity index (χ0v) is 20.9. The monoisotopic (exact) mass is 515 g/mol. The normalized spacial score (nSPS) is 14.4. The lowest BCUT2D eigenvalue weighted by atomic mass is 10.1. The average molecular weight is 516 g/mol. The van der Waals surface area contributed by atoms with Crippen LogP contribution < -0.4 is 9.80 Å². The number of thioether (sulfide) groups is 1. The Balaban J connectivity index is 1.56. The van der Waals surface area contributed by atoms with E-state index in [1.165, 1.54) is 17.8 Å². The van der Waals surface area contributed by atoms with Crippen LogP contribution in [0.1, 0.15) is 32.3 Å². The number of carbonyl (C=O) groups excluding carboxylic acids is 1. The summed E-state index contributed by atoms with van der Waals surface area (Å²) in [6.45, 7) is 7.76. The molecule has 1 amide bonds. The van der Waals surface area contributed by atoms with Gasteiger partial charge >= 0.3 is 6.18 Å². The van der Waals surface area contributed by atoms with Crippen LogP contribution in [0.25, 0.3) is 0 Å². The molecule has 6 nitrogen and oxygen atoms in total. The van der Waals surface area contributed by atoms with E-state index in [0.717, 1.165) is 43.9 Å². The number of nitrogens with zero attached hydrogens (tertiary/aromatic N) is 5. The third-order valence-corrected chi connectivity index (χ3v) is 6.49. The molecule has 0 N–H and O–H groups in total. The van der Waals surface area contributed by atoms with E-state index in [0.29, 0.717) is 42.2 Å². The summed E-state index contributed by atoms with van der Waals surface area (Å²) in [5.74, 6) is 0.872. The molecule has 0 radical (unpaired) electrons. The van der Waals surface area contributed by atoms with Crippen LogP contribution in [0.5, 0.6) is 0 Å². The summed E-state index contributed by atoms with van der Waals surface area (Å²) in [6, 6.07) is 7.03. The molecule has 1 aliphatic heterocycles. The molecule has 0 spiro atoms. The first-order valence-electron chi connectivity index (χ1n) is 11.3. The molecule has 1 aromatic heterocycles. The Morgan fingerprint density at radius 3 is 2.38 bits per heavy atom. The van der Waals surface area contributed by atoms with Crippen LogP contribution in [0.3, 0.4) is 0 Å². The number of anilines is 2. The smallest absolute Gasteiger partial charge is 0.368 e. The van der Waals surface area contributed by atoms with E-state index in [-0.39, 0.29) is 11.7 Å². The van der Waals surface area contributed by atoms with Crippen molar-refractivity contribution in [3.05, 3.63) is 41.0 Å². The van der Waals surface area contributed by atoms with Crippen molar-refractivity contribution >= 4 is 40.8 Å². The molecule has 3 rings (SSSR count). The second-order valence-corrected chi connectivity index (χ2v) is 9.35. The molecule has 2 aromatic rings. The summed E-state index contributed by atoms with van der Waals surface area (Å²) >= 11 is 7.45. The van der Waals surface area contributed by atoms with Crippen LogP contribution in [0.2, 0.25) is 5.15 Å². The fourth-order valence-corrected chi connectivity index (χ4v) is 4.79. The van der Waals surface area contributed by atoms with Gasteiger partial charge in [-0.1, -0.05) is 43.3 Å². The highest BCUT2D eigenvalue weighted by Gasteiger charge is 2.31. The first-order valence-corrected chi connectivity index (χ1v) is 12.7. The van der Waals surface area contributed by atoms with Crippen LogP contribution in [-0.4, -0.2) is 65.8 Å². The SMILES string of the molecule is CCCN(CCC)c1cc(Cl)nc(SCC(=O)N2CCN(c3cccc(C(F)(F)F)c3)CC2)n1. The number of piperazine rings is 1. The van der Waals surface area contributed by atoms with E-state index < -0.39 is 11.7 Å². The maximum absolute atomic E-state index is 13.0. The van der Waals surface area contributed by atoms with Crippen molar-refractivity contribution in [2.75, 3.05) is 54.8 Å². The van der Waals surface area contributed by atoms with E-state index in [9.17, 15) is 18.0 Å². The van der Waals surface area contributed by atoms with Gasteiger partial charge in [-0.3, -0.25) is 4.79 Å². The molecule has 2 heterocycles. The Morgan fingerprint density at radius 2 is 1.76 bits per heavy atom. The fraction of sp³-hybridized carbons (Fsp3) is 0.522. The molecule has 0 saturated carbocycles. The van der Waals surface area contributed by atoms with Gasteiger partial charge in [0.1, 0.15) is 11.0 Å². The standard InChI is InChI=1S/C23H29ClF3N5OS/c1-3-8-31(9-4-2)20-15-19(24)28-22(29-20)34-16-21(33)32-12-10-30(11-13-32)18-7-5-6-17(14-18)23(25,26)27/h5-7,14-15H,3-4,8-13,16H2,1-2H3. The molecule has 0 unspecified atom stereocenters. The number of benzene rings is 1. The Bertz CT molecular complexity index is 964. The lowest BCUT2D eigenvalue weighted by Gasteiger charge is -2.36. The van der Waals surface area contributed by atoms with Gasteiger partial charge in [0, 0.05) is 51.0 Å². The number of halogens is 4. The van der Waals surface area contributed by atoms with E-state index in [2.05, 4.69) is 28.7 Å². The minimum Gasteiger partial charge on any atom is -0.368 e. The van der Waals surface area contributed by atoms with E-state index in [1.54, 1.807) is 17.0 Å². The molecule has 0 atom stereocenters. The minimum atomic E-state index is -4.38. The lowest BCUT2D eigenvalue weighted by Crippen LogP contribution is -2.49. The Morgan fingerprint density at radius 1 is 1.09 bits per heavy atom. The number of amides is 1. The quantitative estimate of drug-likeness (QED) is 0.259. The van der Waals surface area contributed by atoms with Gasteiger partial charge in [-0.25, -0.2) is 9.97 Å². The predicted molar refractivity (Wildman–Crippen MR) is 131 cm³/mol. The van der Waals surface area contributed by atoms with Gasteiger partial charge in [0.2, 0.25) is 5.91 Å². The molecule has 11 heteroatoms. The second kappa shape index (κ2) is 12.0. The molecular weight excluding hydrogens is 487 g/mol. The van der Waals surface area contributed by atoms with Gasteiger partial charge in [0.15, 0.2) is 5.16 Å². The number of rotatable bonds is 9. The summed E-state index contributed by atoms with van der Waals surface area (Å²) < 4.78 is 39.0. The van der Waals surface area contributed by atoms with Gasteiger partial charge in [0.05, 0.1) is 11.3 Å². The molecular formula is C23H29ClF3N5OS. The topological polar surface area (TPSA) is 52.6 Å². The van der Waals surface area contributed by atoms with Gasteiger partial charge in [-0.2, -0.15) is 13.2 Å². The lowest BCUT2D eigenvalue weighted by molar-refractivity contribution is -0.137. The summed E-state index contributed by atoms with van der Waals surface area (Å²) in [5, 5.41) is 0.794. The zero-order chi connectivity index (χ0) is 24.7. The third kappa shape index (κ3) is 7.15. The van der Waals surface area contributed by atoms with Crippen molar-refractivity contribution in [1.82, 2.24) is 14.9 Å². The molecule has 1 fully saturated rings. The largest absolute Gasteiger partial charge is 0.416 e. The molecule has 1 saturated heterocycles. The van der Waals surface area contributed by atoms with Gasteiger partial charge < -0.3 is 14.7 Å². The number of hydrogen-bond acceptors (Lipinski definition) is 6. The molecule has 0 bridgehead atoms. The fourth-order valence-electron chi connectivity index (χ4n) is 3.80. The Hall–Kier alpha value is -2.20. The molecule has 1 aliphatic rings. The average Bonchev–Trinajstić information content (AvgIpc) is 2.82. The first kappa shape index (κ1) is 26.4. The van der Waals surface area contributed by atoms with Crippen molar-refractivity contribution in [2.24, 2.45) is 0 Å². The maximum Gasteiger partial charge on any atom is 0.416 e. The number of alkyl halides is 3. The van der Waals surface area contributed by atoms with Crippen LogP contribution in [-0.2, 0) is 11.0 Å². The van der Waals surface area contributed by atoms with Crippen molar-refractivity contribution in [1.29, 1.82) is 0 Å². The number of aromatic nitrogens is 2. The van der Waals surface area contributed by atoms with Crippen LogP contribution >= 0.6 is 23.4 Å².